The lowest BCUT2D eigenvalue weighted by molar-refractivity contribution is 0.588. The first kappa shape index (κ1) is 15.2. The zero-order chi connectivity index (χ0) is 17.0. The third-order valence-electron chi connectivity index (χ3n) is 4.64. The van der Waals surface area contributed by atoms with Crippen molar-refractivity contribution in [3.05, 3.63) is 81.6 Å². The Morgan fingerprint density at radius 2 is 1.44 bits per heavy atom. The van der Waals surface area contributed by atoms with Gasteiger partial charge in [-0.2, -0.15) is 0 Å². The first-order valence-corrected chi connectivity index (χ1v) is 9.47. The molecule has 0 amide bonds. The number of fused-ring (bicyclic) bond motifs is 6. The zero-order valence-corrected chi connectivity index (χ0v) is 16.0. The molecular weight excluding hydrogens is 443 g/mol. The van der Waals surface area contributed by atoms with Gasteiger partial charge in [0, 0.05) is 43.9 Å². The summed E-state index contributed by atoms with van der Waals surface area (Å²) in [5, 5.41) is 6.51. The summed E-state index contributed by atoms with van der Waals surface area (Å²) in [4.78, 5) is 0. The second kappa shape index (κ2) is 5.75. The van der Waals surface area contributed by atoms with Gasteiger partial charge in [-0.1, -0.05) is 72.3 Å². The summed E-state index contributed by atoms with van der Waals surface area (Å²) in [6.45, 7) is 0. The Bertz CT molecular complexity index is 1260. The molecule has 0 saturated carbocycles. The van der Waals surface area contributed by atoms with E-state index < -0.39 is 0 Å². The molecule has 0 aliphatic rings. The average molecular weight is 455 g/mol. The minimum absolute atomic E-state index is 0.747. The van der Waals surface area contributed by atoms with Crippen molar-refractivity contribution >= 4 is 66.7 Å². The van der Waals surface area contributed by atoms with Crippen molar-refractivity contribution in [2.45, 2.75) is 0 Å². The average Bonchev–Trinajstić information content (AvgIpc) is 3.00. The van der Waals surface area contributed by atoms with Gasteiger partial charge in [-0.25, -0.2) is 0 Å². The van der Waals surface area contributed by atoms with Crippen molar-refractivity contribution < 1.29 is 4.42 Å². The molecule has 0 N–H and O–H groups in total. The van der Waals surface area contributed by atoms with E-state index in [1.165, 1.54) is 5.39 Å². The molecule has 0 radical (unpaired) electrons. The number of hydrogen-bond acceptors (Lipinski definition) is 1. The maximum Gasteiger partial charge on any atom is 0.172 e. The fourth-order valence-corrected chi connectivity index (χ4v) is 4.56. The Kier molecular flexibility index (Phi) is 3.50. The van der Waals surface area contributed by atoms with Crippen LogP contribution in [0.15, 0.2) is 77.2 Å². The summed E-state index contributed by atoms with van der Waals surface area (Å²) in [7, 11) is 0. The largest absolute Gasteiger partial charge is 0.449 e. The van der Waals surface area contributed by atoms with Crippen molar-refractivity contribution in [2.75, 3.05) is 0 Å². The number of furan rings is 1. The van der Waals surface area contributed by atoms with Gasteiger partial charge >= 0.3 is 0 Å². The molecule has 25 heavy (non-hydrogen) atoms. The fraction of sp³-hybridized carbons (Fsp3) is 0. The van der Waals surface area contributed by atoms with E-state index in [4.69, 9.17) is 16.0 Å². The monoisotopic (exact) mass is 454 g/mol. The van der Waals surface area contributed by atoms with E-state index in [1.54, 1.807) is 0 Å². The van der Waals surface area contributed by atoms with E-state index in [1.807, 2.05) is 18.2 Å². The Morgan fingerprint density at radius 3 is 2.24 bits per heavy atom. The van der Waals surface area contributed by atoms with Crippen molar-refractivity contribution in [1.29, 1.82) is 0 Å². The van der Waals surface area contributed by atoms with Gasteiger partial charge in [0.1, 0.15) is 5.58 Å². The molecule has 0 spiro atoms. The van der Waals surface area contributed by atoms with E-state index in [2.05, 4.69) is 77.2 Å². The molecule has 120 valence electrons. The van der Waals surface area contributed by atoms with Crippen LogP contribution >= 0.6 is 34.2 Å². The first-order valence-electron chi connectivity index (χ1n) is 8.01. The number of halogens is 2. The molecule has 4 aromatic carbocycles. The van der Waals surface area contributed by atoms with Crippen LogP contribution in [-0.2, 0) is 0 Å². The molecule has 1 heterocycles. The number of benzene rings is 4. The van der Waals surface area contributed by atoms with Gasteiger partial charge in [0.2, 0.25) is 0 Å². The van der Waals surface area contributed by atoms with Gasteiger partial charge < -0.3 is 4.42 Å². The molecule has 5 rings (SSSR count). The van der Waals surface area contributed by atoms with Gasteiger partial charge in [-0.15, -0.1) is 0 Å². The van der Waals surface area contributed by atoms with Crippen LogP contribution in [0.3, 0.4) is 0 Å². The summed E-state index contributed by atoms with van der Waals surface area (Å²) >= 11 is 8.60. The highest BCUT2D eigenvalue weighted by Gasteiger charge is 2.20. The van der Waals surface area contributed by atoms with E-state index in [9.17, 15) is 0 Å². The van der Waals surface area contributed by atoms with Crippen LogP contribution in [0.1, 0.15) is 0 Å². The molecule has 0 aliphatic carbocycles. The zero-order valence-electron chi connectivity index (χ0n) is 13.1. The Morgan fingerprint density at radius 1 is 0.720 bits per heavy atom. The SMILES string of the molecule is Clc1ccc2c(c1)c1ccccc1c1oc(I)c(-c3ccccc3)c21. The third kappa shape index (κ3) is 2.28. The number of rotatable bonds is 1. The first-order chi connectivity index (χ1) is 12.2. The molecule has 0 aliphatic heterocycles. The van der Waals surface area contributed by atoms with E-state index >= 15 is 0 Å². The maximum absolute atomic E-state index is 6.31. The van der Waals surface area contributed by atoms with Gasteiger partial charge in [-0.05, 0) is 33.9 Å². The van der Waals surface area contributed by atoms with Gasteiger partial charge in [-0.3, -0.25) is 0 Å². The standard InChI is InChI=1S/C22H12ClIO/c23-14-10-11-16-18(12-14)15-8-4-5-9-17(15)21-20(16)19(22(24)25-21)13-6-2-1-3-7-13/h1-12H. The van der Waals surface area contributed by atoms with Crippen LogP contribution in [0.4, 0.5) is 0 Å². The molecule has 0 unspecified atom stereocenters. The Labute approximate surface area is 163 Å². The summed E-state index contributed by atoms with van der Waals surface area (Å²) < 4.78 is 7.17. The molecule has 0 saturated heterocycles. The third-order valence-corrected chi connectivity index (χ3v) is 5.64. The quantitative estimate of drug-likeness (QED) is 0.187. The van der Waals surface area contributed by atoms with Crippen molar-refractivity contribution in [3.63, 3.8) is 0 Å². The molecule has 5 aromatic rings. The van der Waals surface area contributed by atoms with Crippen LogP contribution in [0.2, 0.25) is 5.02 Å². The van der Waals surface area contributed by atoms with Crippen LogP contribution < -0.4 is 0 Å². The summed E-state index contributed by atoms with van der Waals surface area (Å²) in [6, 6.07) is 24.9. The second-order valence-electron chi connectivity index (χ2n) is 6.06. The molecule has 0 atom stereocenters. The maximum atomic E-state index is 6.31. The Balaban J connectivity index is 2.09. The fourth-order valence-electron chi connectivity index (χ4n) is 3.59. The number of hydrogen-bond donors (Lipinski definition) is 0. The summed E-state index contributed by atoms with van der Waals surface area (Å²) in [5.74, 6) is 0. The van der Waals surface area contributed by atoms with Crippen molar-refractivity contribution in [2.24, 2.45) is 0 Å². The summed E-state index contributed by atoms with van der Waals surface area (Å²) in [6.07, 6.45) is 0. The highest BCUT2D eigenvalue weighted by molar-refractivity contribution is 14.1. The highest BCUT2D eigenvalue weighted by Crippen LogP contribution is 2.44. The van der Waals surface area contributed by atoms with Gasteiger partial charge in [0.15, 0.2) is 3.77 Å². The van der Waals surface area contributed by atoms with Crippen molar-refractivity contribution in [1.82, 2.24) is 0 Å². The van der Waals surface area contributed by atoms with Crippen LogP contribution in [0.25, 0.3) is 43.6 Å². The van der Waals surface area contributed by atoms with Crippen LogP contribution in [-0.4, -0.2) is 0 Å². The molecule has 1 aromatic heterocycles. The van der Waals surface area contributed by atoms with E-state index in [-0.39, 0.29) is 0 Å². The minimum Gasteiger partial charge on any atom is -0.449 e. The molecular formula is C22H12ClIO. The van der Waals surface area contributed by atoms with E-state index in [0.717, 1.165) is 47.0 Å². The van der Waals surface area contributed by atoms with Crippen LogP contribution in [0.5, 0.6) is 0 Å². The Hall–Kier alpha value is -2.04. The smallest absolute Gasteiger partial charge is 0.172 e. The molecule has 1 nitrogen and oxygen atoms in total. The van der Waals surface area contributed by atoms with Gasteiger partial charge in [0.25, 0.3) is 0 Å². The van der Waals surface area contributed by atoms with Crippen molar-refractivity contribution in [3.8, 4) is 11.1 Å². The minimum atomic E-state index is 0.747. The second-order valence-corrected chi connectivity index (χ2v) is 7.47. The van der Waals surface area contributed by atoms with Crippen LogP contribution in [0, 0.1) is 3.77 Å². The molecule has 3 heteroatoms. The highest BCUT2D eigenvalue weighted by atomic mass is 127. The van der Waals surface area contributed by atoms with E-state index in [0.29, 0.717) is 0 Å². The predicted octanol–water partition coefficient (Wildman–Crippen LogP) is 7.66. The lowest BCUT2D eigenvalue weighted by Gasteiger charge is -2.08. The lowest BCUT2D eigenvalue weighted by Crippen LogP contribution is -1.83. The predicted molar refractivity (Wildman–Crippen MR) is 114 cm³/mol. The summed E-state index contributed by atoms with van der Waals surface area (Å²) in [5.41, 5.74) is 3.25. The molecule has 0 bridgehead atoms. The topological polar surface area (TPSA) is 13.1 Å². The lowest BCUT2D eigenvalue weighted by atomic mass is 9.95. The normalized spacial score (nSPS) is 11.6. The molecule has 0 fully saturated rings. The van der Waals surface area contributed by atoms with Gasteiger partial charge in [0.05, 0.1) is 0 Å².